The van der Waals surface area contributed by atoms with E-state index in [9.17, 15) is 4.79 Å². The first-order valence-electron chi connectivity index (χ1n) is 5.08. The van der Waals surface area contributed by atoms with E-state index in [0.717, 1.165) is 19.4 Å². The third-order valence-electron chi connectivity index (χ3n) is 2.45. The second kappa shape index (κ2) is 4.35. The van der Waals surface area contributed by atoms with E-state index < -0.39 is 0 Å². The molecule has 1 aromatic heterocycles. The van der Waals surface area contributed by atoms with Crippen LogP contribution in [0.15, 0.2) is 12.3 Å². The van der Waals surface area contributed by atoms with Gasteiger partial charge in [-0.2, -0.15) is 0 Å². The lowest BCUT2D eigenvalue weighted by molar-refractivity contribution is 0.0622. The molecule has 5 heteroatoms. The zero-order valence-corrected chi connectivity index (χ0v) is 8.45. The standard InChI is InChI=1S/C10H15N3O2/c11-7-4-9(12-5-7)10(14)13-8-2-1-3-15-6-8/h4-5,8,12H,1-3,6,11H2,(H,13,14). The Kier molecular flexibility index (Phi) is 2.91. The lowest BCUT2D eigenvalue weighted by Crippen LogP contribution is -2.40. The maximum absolute atomic E-state index is 11.7. The van der Waals surface area contributed by atoms with Crippen LogP contribution in [0, 0.1) is 0 Å². The molecule has 1 fully saturated rings. The fourth-order valence-electron chi connectivity index (χ4n) is 1.66. The van der Waals surface area contributed by atoms with E-state index in [1.165, 1.54) is 0 Å². The number of nitrogen functional groups attached to an aromatic ring is 1. The summed E-state index contributed by atoms with van der Waals surface area (Å²) >= 11 is 0. The molecule has 4 N–H and O–H groups in total. The van der Waals surface area contributed by atoms with Crippen molar-refractivity contribution in [2.45, 2.75) is 18.9 Å². The van der Waals surface area contributed by atoms with Gasteiger partial charge in [-0.1, -0.05) is 0 Å². The molecular formula is C10H15N3O2. The van der Waals surface area contributed by atoms with Crippen LogP contribution in [0.4, 0.5) is 5.69 Å². The van der Waals surface area contributed by atoms with Gasteiger partial charge in [0.25, 0.3) is 5.91 Å². The summed E-state index contributed by atoms with van der Waals surface area (Å²) in [6, 6.07) is 1.75. The summed E-state index contributed by atoms with van der Waals surface area (Å²) < 4.78 is 5.27. The Morgan fingerprint density at radius 3 is 3.13 bits per heavy atom. The van der Waals surface area contributed by atoms with Gasteiger partial charge in [-0.3, -0.25) is 4.79 Å². The zero-order valence-electron chi connectivity index (χ0n) is 8.45. The first kappa shape index (κ1) is 10.0. The molecule has 0 radical (unpaired) electrons. The largest absolute Gasteiger partial charge is 0.397 e. The van der Waals surface area contributed by atoms with Crippen molar-refractivity contribution in [1.29, 1.82) is 0 Å². The fourth-order valence-corrected chi connectivity index (χ4v) is 1.66. The smallest absolute Gasteiger partial charge is 0.268 e. The number of amides is 1. The van der Waals surface area contributed by atoms with Crippen LogP contribution in [-0.2, 0) is 4.74 Å². The van der Waals surface area contributed by atoms with Crippen LogP contribution in [0.2, 0.25) is 0 Å². The Morgan fingerprint density at radius 2 is 2.53 bits per heavy atom. The van der Waals surface area contributed by atoms with Gasteiger partial charge in [0.05, 0.1) is 12.6 Å². The van der Waals surface area contributed by atoms with Crippen LogP contribution in [0.3, 0.4) is 0 Å². The van der Waals surface area contributed by atoms with Crippen molar-refractivity contribution in [2.24, 2.45) is 0 Å². The van der Waals surface area contributed by atoms with Crippen molar-refractivity contribution >= 4 is 11.6 Å². The molecule has 2 rings (SSSR count). The van der Waals surface area contributed by atoms with Gasteiger partial charge in [0.2, 0.25) is 0 Å². The summed E-state index contributed by atoms with van der Waals surface area (Å²) in [6.45, 7) is 1.39. The molecule has 15 heavy (non-hydrogen) atoms. The van der Waals surface area contributed by atoms with Gasteiger partial charge in [-0.25, -0.2) is 0 Å². The number of aromatic amines is 1. The van der Waals surface area contributed by atoms with Crippen LogP contribution >= 0.6 is 0 Å². The van der Waals surface area contributed by atoms with Gasteiger partial charge in [-0.05, 0) is 18.9 Å². The summed E-state index contributed by atoms with van der Waals surface area (Å²) in [5.41, 5.74) is 6.58. The lowest BCUT2D eigenvalue weighted by atomic mass is 10.1. The summed E-state index contributed by atoms with van der Waals surface area (Å²) in [5.74, 6) is -0.123. The minimum absolute atomic E-state index is 0.121. The molecule has 1 saturated heterocycles. The first-order valence-corrected chi connectivity index (χ1v) is 5.08. The van der Waals surface area contributed by atoms with Crippen molar-refractivity contribution < 1.29 is 9.53 Å². The summed E-state index contributed by atoms with van der Waals surface area (Å²) in [6.07, 6.45) is 3.58. The third-order valence-corrected chi connectivity index (χ3v) is 2.45. The van der Waals surface area contributed by atoms with Gasteiger partial charge in [-0.15, -0.1) is 0 Å². The number of hydrogen-bond acceptors (Lipinski definition) is 3. The SMILES string of the molecule is Nc1c[nH]c(C(=O)NC2CCCOC2)c1. The van der Waals surface area contributed by atoms with Crippen molar-refractivity contribution in [3.63, 3.8) is 0 Å². The number of hydrogen-bond donors (Lipinski definition) is 3. The predicted molar refractivity (Wildman–Crippen MR) is 56.5 cm³/mol. The van der Waals surface area contributed by atoms with E-state index in [2.05, 4.69) is 10.3 Å². The first-order chi connectivity index (χ1) is 7.25. The highest BCUT2D eigenvalue weighted by molar-refractivity contribution is 5.93. The molecular weight excluding hydrogens is 194 g/mol. The number of nitrogens with one attached hydrogen (secondary N) is 2. The number of rotatable bonds is 2. The van der Waals surface area contributed by atoms with E-state index >= 15 is 0 Å². The minimum atomic E-state index is -0.123. The second-order valence-electron chi connectivity index (χ2n) is 3.73. The molecule has 1 aliphatic heterocycles. The molecule has 0 aromatic carbocycles. The molecule has 0 aliphatic carbocycles. The molecule has 2 heterocycles. The van der Waals surface area contributed by atoms with Crippen molar-refractivity contribution in [3.05, 3.63) is 18.0 Å². The molecule has 0 spiro atoms. The second-order valence-corrected chi connectivity index (χ2v) is 3.73. The van der Waals surface area contributed by atoms with Gasteiger partial charge in [0, 0.05) is 18.5 Å². The van der Waals surface area contributed by atoms with Gasteiger partial charge in [0.15, 0.2) is 0 Å². The molecule has 1 atom stereocenters. The Morgan fingerprint density at radius 1 is 1.67 bits per heavy atom. The van der Waals surface area contributed by atoms with Crippen LogP contribution in [0.5, 0.6) is 0 Å². The minimum Gasteiger partial charge on any atom is -0.397 e. The Labute approximate surface area is 88.0 Å². The van der Waals surface area contributed by atoms with Crippen molar-refractivity contribution in [3.8, 4) is 0 Å². The number of carbonyl (C=O) groups excluding carboxylic acids is 1. The molecule has 1 amide bonds. The number of carbonyl (C=O) groups is 1. The van der Waals surface area contributed by atoms with E-state index in [1.54, 1.807) is 12.3 Å². The number of ether oxygens (including phenoxy) is 1. The highest BCUT2D eigenvalue weighted by Gasteiger charge is 2.17. The number of nitrogens with two attached hydrogens (primary N) is 1. The highest BCUT2D eigenvalue weighted by atomic mass is 16.5. The topological polar surface area (TPSA) is 80.1 Å². The van der Waals surface area contributed by atoms with Crippen LogP contribution in [-0.4, -0.2) is 30.1 Å². The Bertz CT molecular complexity index is 342. The average Bonchev–Trinajstić information content (AvgIpc) is 2.66. The highest BCUT2D eigenvalue weighted by Crippen LogP contribution is 2.08. The Hall–Kier alpha value is -1.49. The maximum Gasteiger partial charge on any atom is 0.268 e. The molecule has 1 aliphatic rings. The fraction of sp³-hybridized carbons (Fsp3) is 0.500. The van der Waals surface area contributed by atoms with Crippen molar-refractivity contribution in [1.82, 2.24) is 10.3 Å². The van der Waals surface area contributed by atoms with Crippen LogP contribution < -0.4 is 11.1 Å². The molecule has 1 aromatic rings. The monoisotopic (exact) mass is 209 g/mol. The summed E-state index contributed by atoms with van der Waals surface area (Å²) in [7, 11) is 0. The quantitative estimate of drug-likeness (QED) is 0.663. The van der Waals surface area contributed by atoms with Crippen LogP contribution in [0.25, 0.3) is 0 Å². The van der Waals surface area contributed by atoms with Gasteiger partial charge < -0.3 is 20.8 Å². The predicted octanol–water partition coefficient (Wildman–Crippen LogP) is 0.506. The third kappa shape index (κ3) is 2.50. The summed E-state index contributed by atoms with van der Waals surface area (Å²) in [5, 5.41) is 2.90. The molecule has 0 saturated carbocycles. The van der Waals surface area contributed by atoms with Gasteiger partial charge >= 0.3 is 0 Å². The van der Waals surface area contributed by atoms with Crippen LogP contribution in [0.1, 0.15) is 23.3 Å². The molecule has 82 valence electrons. The normalized spacial score (nSPS) is 21.2. The molecule has 1 unspecified atom stereocenters. The van der Waals surface area contributed by atoms with E-state index in [4.69, 9.17) is 10.5 Å². The lowest BCUT2D eigenvalue weighted by Gasteiger charge is -2.22. The zero-order chi connectivity index (χ0) is 10.7. The number of aromatic nitrogens is 1. The van der Waals surface area contributed by atoms with Gasteiger partial charge in [0.1, 0.15) is 5.69 Å². The maximum atomic E-state index is 11.7. The molecule has 0 bridgehead atoms. The molecule has 5 nitrogen and oxygen atoms in total. The number of anilines is 1. The Balaban J connectivity index is 1.91. The summed E-state index contributed by atoms with van der Waals surface area (Å²) in [4.78, 5) is 14.5. The van der Waals surface area contributed by atoms with E-state index in [-0.39, 0.29) is 11.9 Å². The van der Waals surface area contributed by atoms with E-state index in [0.29, 0.717) is 18.0 Å². The van der Waals surface area contributed by atoms with E-state index in [1.807, 2.05) is 0 Å². The van der Waals surface area contributed by atoms with Crippen molar-refractivity contribution in [2.75, 3.05) is 18.9 Å². The number of H-pyrrole nitrogens is 1. The average molecular weight is 209 g/mol.